The first-order valence-corrected chi connectivity index (χ1v) is 5.04. The maximum Gasteiger partial charge on any atom is 0.193 e. The highest BCUT2D eigenvalue weighted by atomic mass is 32.2. The van der Waals surface area contributed by atoms with Crippen LogP contribution in [0.4, 0.5) is 0 Å². The Hall–Kier alpha value is -0.750. The molecule has 0 aromatic carbocycles. The highest BCUT2D eigenvalue weighted by molar-refractivity contribution is 8.13. The quantitative estimate of drug-likeness (QED) is 0.342. The first-order valence-electron chi connectivity index (χ1n) is 4.05. The molecule has 0 aliphatic carbocycles. The van der Waals surface area contributed by atoms with E-state index in [1.54, 1.807) is 0 Å². The first-order chi connectivity index (χ1) is 6.16. The number of rotatable bonds is 5. The lowest BCUT2D eigenvalue weighted by Gasteiger charge is -2.00. The number of ether oxygens (including phenoxy) is 1. The van der Waals surface area contributed by atoms with Gasteiger partial charge in [0.05, 0.1) is 6.61 Å². The summed E-state index contributed by atoms with van der Waals surface area (Å²) >= 11 is 1.27. The number of aliphatic imine (C=N–C) groups is 1. The Bertz CT molecular complexity index is 179. The normalized spacial score (nSPS) is 9.62. The average Bonchev–Trinajstić information content (AvgIpc) is 2.02. The van der Waals surface area contributed by atoms with Gasteiger partial charge >= 0.3 is 0 Å². The molecule has 5 nitrogen and oxygen atoms in total. The minimum absolute atomic E-state index is 0.0769. The monoisotopic (exact) mass is 204 g/mol. The Balaban J connectivity index is 3.33. The number of amidine groups is 1. The van der Waals surface area contributed by atoms with Gasteiger partial charge in [0.25, 0.3) is 0 Å². The summed E-state index contributed by atoms with van der Waals surface area (Å²) < 4.78 is 5.21. The fourth-order valence-corrected chi connectivity index (χ4v) is 1.16. The average molecular weight is 204 g/mol. The topological polar surface area (TPSA) is 97.5 Å². The number of nitrogens with two attached hydrogens (primary N) is 2. The van der Waals surface area contributed by atoms with Gasteiger partial charge in [-0.15, -0.1) is 0 Å². The summed E-state index contributed by atoms with van der Waals surface area (Å²) in [5, 5.41) is 7.38. The molecule has 0 aliphatic heterocycles. The summed E-state index contributed by atoms with van der Waals surface area (Å²) in [6, 6.07) is 0. The van der Waals surface area contributed by atoms with Crippen LogP contribution in [0, 0.1) is 5.41 Å². The van der Waals surface area contributed by atoms with Gasteiger partial charge in [0.1, 0.15) is 0 Å². The van der Waals surface area contributed by atoms with Gasteiger partial charge in [-0.1, -0.05) is 18.7 Å². The maximum atomic E-state index is 7.26. The van der Waals surface area contributed by atoms with Crippen molar-refractivity contribution in [1.29, 1.82) is 5.41 Å². The van der Waals surface area contributed by atoms with E-state index in [9.17, 15) is 0 Å². The van der Waals surface area contributed by atoms with Gasteiger partial charge in [0.2, 0.25) is 0 Å². The van der Waals surface area contributed by atoms with E-state index in [0.717, 1.165) is 13.0 Å². The number of nitrogens with one attached hydrogen (secondary N) is 1. The van der Waals surface area contributed by atoms with Gasteiger partial charge in [-0.05, 0) is 6.42 Å². The van der Waals surface area contributed by atoms with E-state index in [2.05, 4.69) is 11.9 Å². The third kappa shape index (κ3) is 9.16. The third-order valence-corrected chi connectivity index (χ3v) is 1.78. The molecule has 6 heteroatoms. The molecule has 5 N–H and O–H groups in total. The fourth-order valence-electron chi connectivity index (χ4n) is 0.593. The summed E-state index contributed by atoms with van der Waals surface area (Å²) in [6.45, 7) is 3.44. The lowest BCUT2D eigenvalue weighted by Crippen LogP contribution is -2.23. The predicted molar refractivity (Wildman–Crippen MR) is 57.1 cm³/mol. The number of hydrogen-bond donors (Lipinski definition) is 3. The smallest absolute Gasteiger partial charge is 0.193 e. The van der Waals surface area contributed by atoms with Gasteiger partial charge in [0.15, 0.2) is 11.1 Å². The molecule has 0 saturated carbocycles. The zero-order chi connectivity index (χ0) is 10.1. The lowest BCUT2D eigenvalue weighted by molar-refractivity contribution is 0.151. The van der Waals surface area contributed by atoms with Crippen molar-refractivity contribution in [2.24, 2.45) is 16.5 Å². The van der Waals surface area contributed by atoms with Crippen molar-refractivity contribution in [1.82, 2.24) is 0 Å². The van der Waals surface area contributed by atoms with Crippen LogP contribution in [-0.2, 0) is 4.74 Å². The maximum absolute atomic E-state index is 7.26. The van der Waals surface area contributed by atoms with Crippen LogP contribution >= 0.6 is 11.8 Å². The molecular formula is C7H16N4OS. The van der Waals surface area contributed by atoms with Crippen LogP contribution in [0.1, 0.15) is 13.3 Å². The first kappa shape index (κ1) is 12.2. The molecule has 0 aromatic heterocycles. The van der Waals surface area contributed by atoms with E-state index in [1.807, 2.05) is 0 Å². The molecule has 0 aliphatic rings. The van der Waals surface area contributed by atoms with Gasteiger partial charge in [-0.2, -0.15) is 4.99 Å². The minimum atomic E-state index is -0.0769. The van der Waals surface area contributed by atoms with E-state index >= 15 is 0 Å². The molecule has 0 atom stereocenters. The Kier molecular flexibility index (Phi) is 7.42. The van der Waals surface area contributed by atoms with Crippen LogP contribution in [0.15, 0.2) is 4.99 Å². The Morgan fingerprint density at radius 3 is 2.69 bits per heavy atom. The van der Waals surface area contributed by atoms with Crippen LogP contribution in [0.5, 0.6) is 0 Å². The van der Waals surface area contributed by atoms with Crippen molar-refractivity contribution in [3.63, 3.8) is 0 Å². The Morgan fingerprint density at radius 2 is 2.15 bits per heavy atom. The van der Waals surface area contributed by atoms with Crippen molar-refractivity contribution < 1.29 is 4.74 Å². The van der Waals surface area contributed by atoms with E-state index in [-0.39, 0.29) is 11.1 Å². The molecule has 0 aromatic rings. The molecule has 0 bridgehead atoms. The van der Waals surface area contributed by atoms with Crippen molar-refractivity contribution >= 4 is 22.9 Å². The number of thioether (sulfide) groups is 1. The highest BCUT2D eigenvalue weighted by Gasteiger charge is 1.95. The zero-order valence-corrected chi connectivity index (χ0v) is 8.56. The van der Waals surface area contributed by atoms with Crippen LogP contribution in [0.2, 0.25) is 0 Å². The Morgan fingerprint density at radius 1 is 1.46 bits per heavy atom. The second-order valence-electron chi connectivity index (χ2n) is 2.30. The summed E-state index contributed by atoms with van der Waals surface area (Å²) in [6.07, 6.45) is 1.01. The summed E-state index contributed by atoms with van der Waals surface area (Å²) in [5.74, 6) is 0.627. The number of hydrogen-bond acceptors (Lipinski definition) is 3. The number of nitrogens with zero attached hydrogens (tertiary/aromatic N) is 1. The van der Waals surface area contributed by atoms with Crippen LogP contribution < -0.4 is 11.5 Å². The molecule has 0 spiro atoms. The second kappa shape index (κ2) is 7.88. The van der Waals surface area contributed by atoms with Crippen LogP contribution in [-0.4, -0.2) is 30.1 Å². The van der Waals surface area contributed by atoms with Crippen molar-refractivity contribution in [2.45, 2.75) is 13.3 Å². The van der Waals surface area contributed by atoms with Crippen molar-refractivity contribution in [2.75, 3.05) is 19.0 Å². The second-order valence-corrected chi connectivity index (χ2v) is 3.39. The summed E-state index contributed by atoms with van der Waals surface area (Å²) in [4.78, 5) is 3.56. The summed E-state index contributed by atoms with van der Waals surface area (Å²) in [5.41, 5.74) is 10.2. The van der Waals surface area contributed by atoms with E-state index in [4.69, 9.17) is 21.6 Å². The largest absolute Gasteiger partial charge is 0.381 e. The van der Waals surface area contributed by atoms with Crippen molar-refractivity contribution in [3.05, 3.63) is 0 Å². The SMILES string of the molecule is CCCOCCSC(=N)N=C(N)N. The predicted octanol–water partition coefficient (Wildman–Crippen LogP) is 0.354. The molecule has 0 amide bonds. The fraction of sp³-hybridized carbons (Fsp3) is 0.714. The van der Waals surface area contributed by atoms with Crippen LogP contribution in [0.3, 0.4) is 0 Å². The van der Waals surface area contributed by atoms with Gasteiger partial charge in [-0.3, -0.25) is 5.41 Å². The third-order valence-electron chi connectivity index (χ3n) is 1.05. The molecular weight excluding hydrogens is 188 g/mol. The highest BCUT2D eigenvalue weighted by Crippen LogP contribution is 2.02. The molecule has 0 radical (unpaired) electrons. The molecule has 0 fully saturated rings. The van der Waals surface area contributed by atoms with Crippen molar-refractivity contribution in [3.8, 4) is 0 Å². The molecule has 13 heavy (non-hydrogen) atoms. The van der Waals surface area contributed by atoms with E-state index in [0.29, 0.717) is 12.4 Å². The van der Waals surface area contributed by atoms with Gasteiger partial charge in [-0.25, -0.2) is 0 Å². The standard InChI is InChI=1S/C7H16N4OS/c1-2-3-12-4-5-13-7(10)11-6(8)9/h2-5H2,1H3,(H5,8,9,10,11). The van der Waals surface area contributed by atoms with Gasteiger partial charge < -0.3 is 16.2 Å². The molecule has 0 saturated heterocycles. The van der Waals surface area contributed by atoms with E-state index in [1.165, 1.54) is 11.8 Å². The molecule has 0 unspecified atom stereocenters. The van der Waals surface area contributed by atoms with Crippen LogP contribution in [0.25, 0.3) is 0 Å². The van der Waals surface area contributed by atoms with E-state index < -0.39 is 0 Å². The number of guanidine groups is 1. The Labute approximate surface area is 82.4 Å². The lowest BCUT2D eigenvalue weighted by atomic mass is 10.5. The minimum Gasteiger partial charge on any atom is -0.381 e. The van der Waals surface area contributed by atoms with Gasteiger partial charge in [0, 0.05) is 12.4 Å². The molecule has 0 rings (SSSR count). The molecule has 76 valence electrons. The molecule has 0 heterocycles. The summed E-state index contributed by atoms with van der Waals surface area (Å²) in [7, 11) is 0. The zero-order valence-electron chi connectivity index (χ0n) is 7.75.